The Labute approximate surface area is 134 Å². The van der Waals surface area contributed by atoms with Crippen molar-refractivity contribution in [2.24, 2.45) is 0 Å². The molecule has 0 radical (unpaired) electrons. The second-order valence-corrected chi connectivity index (χ2v) is 5.14. The molecule has 0 spiro atoms. The summed E-state index contributed by atoms with van der Waals surface area (Å²) in [5.41, 5.74) is 2.26. The molecule has 0 saturated heterocycles. The molecule has 23 heavy (non-hydrogen) atoms. The van der Waals surface area contributed by atoms with Gasteiger partial charge in [0.05, 0.1) is 6.61 Å². The number of carbonyl (C=O) groups excluding carboxylic acids is 1. The number of carbonyl (C=O) groups is 1. The van der Waals surface area contributed by atoms with Gasteiger partial charge in [-0.2, -0.15) is 0 Å². The number of pyridine rings is 1. The van der Waals surface area contributed by atoms with E-state index < -0.39 is 0 Å². The van der Waals surface area contributed by atoms with Crippen LogP contribution in [0.1, 0.15) is 21.5 Å². The van der Waals surface area contributed by atoms with Crippen molar-refractivity contribution < 1.29 is 9.53 Å². The number of nitrogens with one attached hydrogen (secondary N) is 3. The topological polar surface area (TPSA) is 83.2 Å². The van der Waals surface area contributed by atoms with Crippen molar-refractivity contribution in [1.29, 1.82) is 0 Å². The van der Waals surface area contributed by atoms with Gasteiger partial charge in [0.25, 0.3) is 5.91 Å². The van der Waals surface area contributed by atoms with Crippen LogP contribution in [0.2, 0.25) is 0 Å². The lowest BCUT2D eigenvalue weighted by Crippen LogP contribution is -2.29. The monoisotopic (exact) mass is 315 g/mol. The summed E-state index contributed by atoms with van der Waals surface area (Å²) in [7, 11) is 1.65. The first kappa shape index (κ1) is 16.8. The fraction of sp³-hybridized carbons (Fsp3) is 0.294. The maximum absolute atomic E-state index is 12.2. The number of H-pyrrole nitrogens is 1. The molecule has 3 N–H and O–H groups in total. The highest BCUT2D eigenvalue weighted by Crippen LogP contribution is 2.14. The zero-order chi connectivity index (χ0) is 16.7. The highest BCUT2D eigenvalue weighted by atomic mass is 16.5. The van der Waals surface area contributed by atoms with Gasteiger partial charge < -0.3 is 20.4 Å². The van der Waals surface area contributed by atoms with Gasteiger partial charge in [-0.25, -0.2) is 0 Å². The Hall–Kier alpha value is -2.60. The molecule has 0 aliphatic carbocycles. The van der Waals surface area contributed by atoms with Gasteiger partial charge >= 0.3 is 0 Å². The number of benzene rings is 1. The fourth-order valence-electron chi connectivity index (χ4n) is 2.17. The van der Waals surface area contributed by atoms with E-state index in [1.807, 2.05) is 24.3 Å². The minimum Gasteiger partial charge on any atom is -0.383 e. The van der Waals surface area contributed by atoms with Crippen molar-refractivity contribution >= 4 is 11.6 Å². The Morgan fingerprint density at radius 1 is 1.26 bits per heavy atom. The van der Waals surface area contributed by atoms with Gasteiger partial charge in [0.1, 0.15) is 5.56 Å². The van der Waals surface area contributed by atoms with Crippen molar-refractivity contribution in [3.63, 3.8) is 0 Å². The molecule has 1 heterocycles. The first-order valence-electron chi connectivity index (χ1n) is 7.40. The Morgan fingerprint density at radius 3 is 2.83 bits per heavy atom. The quantitative estimate of drug-likeness (QED) is 0.679. The van der Waals surface area contributed by atoms with Crippen LogP contribution in [0.25, 0.3) is 0 Å². The minimum absolute atomic E-state index is 0.120. The van der Waals surface area contributed by atoms with Crippen LogP contribution in [0.4, 0.5) is 5.69 Å². The summed E-state index contributed by atoms with van der Waals surface area (Å²) in [4.78, 5) is 27.0. The summed E-state index contributed by atoms with van der Waals surface area (Å²) in [6.45, 7) is 3.28. The van der Waals surface area contributed by atoms with E-state index in [1.165, 1.54) is 6.20 Å². The molecule has 0 aliphatic heterocycles. The van der Waals surface area contributed by atoms with E-state index in [1.54, 1.807) is 20.2 Å². The predicted octanol–water partition coefficient (Wildman–Crippen LogP) is 1.67. The number of aryl methyl sites for hydroxylation is 1. The lowest BCUT2D eigenvalue weighted by atomic mass is 10.1. The van der Waals surface area contributed by atoms with Crippen LogP contribution < -0.4 is 16.1 Å². The lowest BCUT2D eigenvalue weighted by molar-refractivity contribution is 0.0949. The SMILES string of the molecule is COCCNc1ccccc1CNC(=O)c1c[nH]cc(C)c1=O. The molecule has 1 aromatic carbocycles. The van der Waals surface area contributed by atoms with Crippen molar-refractivity contribution in [2.75, 3.05) is 25.6 Å². The third kappa shape index (κ3) is 4.43. The number of para-hydroxylation sites is 1. The summed E-state index contributed by atoms with van der Waals surface area (Å²) in [6, 6.07) is 7.70. The average molecular weight is 315 g/mol. The van der Waals surface area contributed by atoms with E-state index in [9.17, 15) is 9.59 Å². The number of rotatable bonds is 7. The van der Waals surface area contributed by atoms with Gasteiger partial charge in [0, 0.05) is 43.8 Å². The molecule has 122 valence electrons. The Bertz CT molecular complexity index is 725. The molecule has 1 amide bonds. The second kappa shape index (κ2) is 8.14. The molecule has 0 aliphatic rings. The summed E-state index contributed by atoms with van der Waals surface area (Å²) >= 11 is 0. The van der Waals surface area contributed by atoms with Crippen LogP contribution in [0.5, 0.6) is 0 Å². The van der Waals surface area contributed by atoms with E-state index >= 15 is 0 Å². The molecule has 1 aromatic heterocycles. The van der Waals surface area contributed by atoms with E-state index in [0.29, 0.717) is 25.3 Å². The van der Waals surface area contributed by atoms with Crippen molar-refractivity contribution in [2.45, 2.75) is 13.5 Å². The van der Waals surface area contributed by atoms with Crippen molar-refractivity contribution in [3.8, 4) is 0 Å². The van der Waals surface area contributed by atoms with Crippen LogP contribution in [0, 0.1) is 6.92 Å². The first-order chi connectivity index (χ1) is 11.1. The second-order valence-electron chi connectivity index (χ2n) is 5.14. The van der Waals surface area contributed by atoms with Gasteiger partial charge in [-0.1, -0.05) is 18.2 Å². The molecule has 0 saturated carbocycles. The molecular weight excluding hydrogens is 294 g/mol. The third-order valence-corrected chi connectivity index (χ3v) is 3.45. The zero-order valence-corrected chi connectivity index (χ0v) is 13.3. The van der Waals surface area contributed by atoms with Crippen LogP contribution in [-0.4, -0.2) is 31.2 Å². The van der Waals surface area contributed by atoms with Crippen LogP contribution in [0.3, 0.4) is 0 Å². The smallest absolute Gasteiger partial charge is 0.257 e. The molecule has 2 rings (SSSR count). The average Bonchev–Trinajstić information content (AvgIpc) is 2.56. The minimum atomic E-state index is -0.387. The van der Waals surface area contributed by atoms with Crippen LogP contribution >= 0.6 is 0 Å². The maximum atomic E-state index is 12.2. The van der Waals surface area contributed by atoms with E-state index in [-0.39, 0.29) is 16.9 Å². The van der Waals surface area contributed by atoms with Gasteiger partial charge in [-0.05, 0) is 18.6 Å². The van der Waals surface area contributed by atoms with Gasteiger partial charge in [-0.3, -0.25) is 9.59 Å². The van der Waals surface area contributed by atoms with Crippen molar-refractivity contribution in [3.05, 3.63) is 63.6 Å². The Morgan fingerprint density at radius 2 is 2.04 bits per heavy atom. The molecular formula is C17H21N3O3. The largest absolute Gasteiger partial charge is 0.383 e. The number of hydrogen-bond acceptors (Lipinski definition) is 4. The number of hydrogen-bond donors (Lipinski definition) is 3. The van der Waals surface area contributed by atoms with Gasteiger partial charge in [0.15, 0.2) is 5.43 Å². The molecule has 0 atom stereocenters. The fourth-order valence-corrected chi connectivity index (χ4v) is 2.17. The highest BCUT2D eigenvalue weighted by molar-refractivity contribution is 5.93. The lowest BCUT2D eigenvalue weighted by Gasteiger charge is -2.12. The number of methoxy groups -OCH3 is 1. The number of aromatic nitrogens is 1. The number of ether oxygens (including phenoxy) is 1. The Kier molecular flexibility index (Phi) is 5.94. The molecule has 6 heteroatoms. The van der Waals surface area contributed by atoms with Gasteiger partial charge in [-0.15, -0.1) is 0 Å². The predicted molar refractivity (Wildman–Crippen MR) is 89.8 cm³/mol. The maximum Gasteiger partial charge on any atom is 0.257 e. The number of amides is 1. The van der Waals surface area contributed by atoms with Gasteiger partial charge in [0.2, 0.25) is 0 Å². The summed E-state index contributed by atoms with van der Waals surface area (Å²) in [5, 5.41) is 6.04. The highest BCUT2D eigenvalue weighted by Gasteiger charge is 2.11. The molecule has 6 nitrogen and oxygen atoms in total. The Balaban J connectivity index is 2.04. The third-order valence-electron chi connectivity index (χ3n) is 3.45. The van der Waals surface area contributed by atoms with E-state index in [2.05, 4.69) is 15.6 Å². The van der Waals surface area contributed by atoms with Crippen LogP contribution in [-0.2, 0) is 11.3 Å². The number of anilines is 1. The molecule has 0 bridgehead atoms. The molecule has 0 unspecified atom stereocenters. The first-order valence-corrected chi connectivity index (χ1v) is 7.40. The summed E-state index contributed by atoms with van der Waals surface area (Å²) in [5.74, 6) is -0.387. The molecule has 2 aromatic rings. The van der Waals surface area contributed by atoms with Crippen molar-refractivity contribution in [1.82, 2.24) is 10.3 Å². The standard InChI is InChI=1S/C17H21N3O3/c1-12-9-18-11-14(16(12)21)17(22)20-10-13-5-3-4-6-15(13)19-7-8-23-2/h3-6,9,11,19H,7-8,10H2,1-2H3,(H,18,21)(H,20,22). The zero-order valence-electron chi connectivity index (χ0n) is 13.3. The van der Waals surface area contributed by atoms with E-state index in [0.717, 1.165) is 11.3 Å². The van der Waals surface area contributed by atoms with E-state index in [4.69, 9.17) is 4.74 Å². The number of aromatic amines is 1. The van der Waals surface area contributed by atoms with Crippen LogP contribution in [0.15, 0.2) is 41.5 Å². The summed E-state index contributed by atoms with van der Waals surface area (Å²) < 4.78 is 5.01. The molecule has 0 fully saturated rings. The summed E-state index contributed by atoms with van der Waals surface area (Å²) in [6.07, 6.45) is 3.00. The normalized spacial score (nSPS) is 10.3.